The maximum atomic E-state index is 13.0. The topological polar surface area (TPSA) is 115 Å². The second-order valence-electron chi connectivity index (χ2n) is 12.0. The number of aliphatic hydroxyl groups is 1. The van der Waals surface area contributed by atoms with Crippen molar-refractivity contribution in [2.45, 2.75) is 57.0 Å². The van der Waals surface area contributed by atoms with Crippen molar-refractivity contribution >= 4 is 16.8 Å². The van der Waals surface area contributed by atoms with Gasteiger partial charge in [0.15, 0.2) is 0 Å². The summed E-state index contributed by atoms with van der Waals surface area (Å²) in [6.07, 6.45) is 4.45. The van der Waals surface area contributed by atoms with E-state index in [4.69, 9.17) is 4.74 Å². The van der Waals surface area contributed by atoms with Crippen LogP contribution in [0.1, 0.15) is 61.8 Å². The van der Waals surface area contributed by atoms with Crippen molar-refractivity contribution in [3.05, 3.63) is 106 Å². The zero-order chi connectivity index (χ0) is 30.9. The number of phenols is 1. The fourth-order valence-electron chi connectivity index (χ4n) is 5.99. The van der Waals surface area contributed by atoms with Gasteiger partial charge in [0, 0.05) is 31.1 Å². The second-order valence-corrected chi connectivity index (χ2v) is 12.0. The van der Waals surface area contributed by atoms with E-state index in [-0.39, 0.29) is 22.6 Å². The Balaban J connectivity index is 0.956. The number of nitrogens with zero attached hydrogens (tertiary/aromatic N) is 1. The van der Waals surface area contributed by atoms with Crippen molar-refractivity contribution in [3.8, 4) is 11.5 Å². The van der Waals surface area contributed by atoms with Gasteiger partial charge in [0.05, 0.1) is 24.6 Å². The molecule has 1 aromatic heterocycles. The van der Waals surface area contributed by atoms with E-state index < -0.39 is 6.10 Å². The molecular formula is C36H43N3O5. The number of carbonyl (C=O) groups is 1. The fraction of sp³-hybridized carbons (Fsp3) is 0.389. The normalized spacial score (nSPS) is 15.3. The van der Waals surface area contributed by atoms with Gasteiger partial charge < -0.3 is 30.2 Å². The summed E-state index contributed by atoms with van der Waals surface area (Å²) in [5.74, 6) is 0.971. The minimum absolute atomic E-state index is 0.0186. The fourth-order valence-corrected chi connectivity index (χ4v) is 5.99. The van der Waals surface area contributed by atoms with Gasteiger partial charge in [-0.2, -0.15) is 0 Å². The zero-order valence-corrected chi connectivity index (χ0v) is 25.4. The molecule has 0 saturated carbocycles. The maximum Gasteiger partial charge on any atom is 0.248 e. The average Bonchev–Trinajstić information content (AvgIpc) is 3.04. The van der Waals surface area contributed by atoms with E-state index in [1.807, 2.05) is 35.2 Å². The number of phenolic OH excluding ortho intramolecular Hbond substituents is 1. The van der Waals surface area contributed by atoms with Crippen molar-refractivity contribution in [2.75, 3.05) is 32.8 Å². The van der Waals surface area contributed by atoms with E-state index in [1.165, 1.54) is 17.7 Å². The molecule has 1 aliphatic heterocycles. The van der Waals surface area contributed by atoms with Crippen LogP contribution in [0, 0.1) is 0 Å². The molecule has 0 radical (unpaired) electrons. The van der Waals surface area contributed by atoms with Crippen molar-refractivity contribution in [1.82, 2.24) is 15.2 Å². The first-order valence-corrected chi connectivity index (χ1v) is 15.6. The summed E-state index contributed by atoms with van der Waals surface area (Å²) in [6, 6.07) is 24.6. The van der Waals surface area contributed by atoms with Crippen LogP contribution in [0.5, 0.6) is 11.5 Å². The van der Waals surface area contributed by atoms with Crippen LogP contribution in [0.25, 0.3) is 10.9 Å². The number of pyridine rings is 1. The first-order chi connectivity index (χ1) is 21.3. The van der Waals surface area contributed by atoms with E-state index in [0.29, 0.717) is 36.0 Å². The number of carbonyl (C=O) groups excluding carboxylic acids is 1. The molecule has 1 saturated heterocycles. The van der Waals surface area contributed by atoms with E-state index >= 15 is 0 Å². The molecule has 1 fully saturated rings. The highest BCUT2D eigenvalue weighted by Crippen LogP contribution is 2.35. The third-order valence-corrected chi connectivity index (χ3v) is 8.84. The summed E-state index contributed by atoms with van der Waals surface area (Å²) in [5.41, 5.74) is 3.18. The van der Waals surface area contributed by atoms with Crippen LogP contribution >= 0.6 is 0 Å². The lowest BCUT2D eigenvalue weighted by molar-refractivity contribution is -0.132. The molecular weight excluding hydrogens is 554 g/mol. The minimum atomic E-state index is -0.763. The summed E-state index contributed by atoms with van der Waals surface area (Å²) in [5, 5.41) is 24.6. The summed E-state index contributed by atoms with van der Waals surface area (Å²) in [7, 11) is 0. The molecule has 1 atom stereocenters. The van der Waals surface area contributed by atoms with Gasteiger partial charge in [-0.15, -0.1) is 0 Å². The van der Waals surface area contributed by atoms with Crippen LogP contribution in [-0.2, 0) is 16.6 Å². The number of likely N-dealkylation sites (tertiary alicyclic amines) is 1. The number of benzene rings is 3. The number of H-pyrrole nitrogens is 1. The number of ether oxygens (including phenoxy) is 1. The standard InChI is InChI=1S/C36H43N3O5/c1-36(27-8-4-2-5-9-27)18-21-39(22-19-36)34(43)24-26-10-12-28(13-11-26)44-23-7-3-6-20-37-25-32(41)29-14-16-31(40)35-30(29)15-17-33(42)38-35/h2,4-5,8-17,32,37,40-41H,3,6-7,18-25H2,1H3,(H,38,42). The molecule has 0 aliphatic carbocycles. The Morgan fingerprint density at radius 2 is 1.73 bits per heavy atom. The lowest BCUT2D eigenvalue weighted by Gasteiger charge is -2.40. The van der Waals surface area contributed by atoms with Gasteiger partial charge in [0.25, 0.3) is 0 Å². The highest BCUT2D eigenvalue weighted by atomic mass is 16.5. The smallest absolute Gasteiger partial charge is 0.248 e. The van der Waals surface area contributed by atoms with E-state index in [0.717, 1.165) is 63.1 Å². The van der Waals surface area contributed by atoms with Gasteiger partial charge in [-0.3, -0.25) is 9.59 Å². The van der Waals surface area contributed by atoms with Gasteiger partial charge in [0.1, 0.15) is 11.5 Å². The third-order valence-electron chi connectivity index (χ3n) is 8.84. The molecule has 2 heterocycles. The number of rotatable bonds is 13. The SMILES string of the molecule is CC1(c2ccccc2)CCN(C(=O)Cc2ccc(OCCCCCNCC(O)c3ccc(O)c4[nH]c(=O)ccc34)cc2)CC1. The van der Waals surface area contributed by atoms with Crippen molar-refractivity contribution in [2.24, 2.45) is 0 Å². The number of aliphatic hydroxyl groups excluding tert-OH is 1. The third kappa shape index (κ3) is 7.87. The summed E-state index contributed by atoms with van der Waals surface area (Å²) >= 11 is 0. The number of aromatic hydroxyl groups is 1. The van der Waals surface area contributed by atoms with E-state index in [9.17, 15) is 19.8 Å². The largest absolute Gasteiger partial charge is 0.506 e. The molecule has 4 N–H and O–H groups in total. The summed E-state index contributed by atoms with van der Waals surface area (Å²) in [4.78, 5) is 29.2. The molecule has 3 aromatic carbocycles. The first-order valence-electron chi connectivity index (χ1n) is 15.6. The lowest BCUT2D eigenvalue weighted by Crippen LogP contribution is -2.44. The molecule has 1 unspecified atom stereocenters. The van der Waals surface area contributed by atoms with Gasteiger partial charge in [-0.25, -0.2) is 0 Å². The van der Waals surface area contributed by atoms with Crippen molar-refractivity contribution < 1.29 is 19.7 Å². The molecule has 0 spiro atoms. The Hall–Kier alpha value is -4.14. The number of fused-ring (bicyclic) bond motifs is 1. The van der Waals surface area contributed by atoms with Gasteiger partial charge in [-0.1, -0.05) is 55.5 Å². The highest BCUT2D eigenvalue weighted by molar-refractivity contribution is 5.87. The zero-order valence-electron chi connectivity index (χ0n) is 25.4. The number of amides is 1. The predicted octanol–water partition coefficient (Wildman–Crippen LogP) is 5.23. The van der Waals surface area contributed by atoms with Crippen LogP contribution in [0.2, 0.25) is 0 Å². The monoisotopic (exact) mass is 597 g/mol. The van der Waals surface area contributed by atoms with Crippen molar-refractivity contribution in [1.29, 1.82) is 0 Å². The predicted molar refractivity (Wildman–Crippen MR) is 173 cm³/mol. The first kappa shape index (κ1) is 31.3. The highest BCUT2D eigenvalue weighted by Gasteiger charge is 2.33. The molecule has 4 aromatic rings. The average molecular weight is 598 g/mol. The Morgan fingerprint density at radius 3 is 2.48 bits per heavy atom. The number of unbranched alkanes of at least 4 members (excludes halogenated alkanes) is 2. The van der Waals surface area contributed by atoms with Crippen LogP contribution in [0.4, 0.5) is 0 Å². The van der Waals surface area contributed by atoms with Crippen LogP contribution in [0.15, 0.2) is 83.7 Å². The van der Waals surface area contributed by atoms with Crippen molar-refractivity contribution in [3.63, 3.8) is 0 Å². The number of aromatic nitrogens is 1. The van der Waals surface area contributed by atoms with E-state index in [1.54, 1.807) is 12.1 Å². The van der Waals surface area contributed by atoms with Gasteiger partial charge in [0.2, 0.25) is 11.5 Å². The number of hydrogen-bond donors (Lipinski definition) is 4. The number of piperidine rings is 1. The molecule has 0 bridgehead atoms. The minimum Gasteiger partial charge on any atom is -0.506 e. The maximum absolute atomic E-state index is 13.0. The molecule has 232 valence electrons. The Kier molecular flexibility index (Phi) is 10.4. The van der Waals surface area contributed by atoms with Crippen LogP contribution in [0.3, 0.4) is 0 Å². The molecule has 1 aliphatic rings. The summed E-state index contributed by atoms with van der Waals surface area (Å²) in [6.45, 7) is 5.64. The van der Waals surface area contributed by atoms with E-state index in [2.05, 4.69) is 41.5 Å². The Labute approximate surface area is 258 Å². The molecule has 44 heavy (non-hydrogen) atoms. The summed E-state index contributed by atoms with van der Waals surface area (Å²) < 4.78 is 5.91. The van der Waals surface area contributed by atoms with Gasteiger partial charge in [-0.05, 0) is 85.0 Å². The van der Waals surface area contributed by atoms with Crippen LogP contribution < -0.4 is 15.6 Å². The number of aromatic amines is 1. The Bertz CT molecular complexity index is 1580. The molecule has 8 nitrogen and oxygen atoms in total. The molecule has 1 amide bonds. The Morgan fingerprint density at radius 1 is 0.977 bits per heavy atom. The number of hydrogen-bond acceptors (Lipinski definition) is 6. The quantitative estimate of drug-likeness (QED) is 0.157. The molecule has 5 rings (SSSR count). The molecule has 8 heteroatoms. The second kappa shape index (κ2) is 14.6. The van der Waals surface area contributed by atoms with Crippen LogP contribution in [-0.4, -0.2) is 58.8 Å². The lowest BCUT2D eigenvalue weighted by atomic mass is 9.74. The number of nitrogens with one attached hydrogen (secondary N) is 2. The van der Waals surface area contributed by atoms with Gasteiger partial charge >= 0.3 is 0 Å².